The van der Waals surface area contributed by atoms with Gasteiger partial charge in [-0.3, -0.25) is 0 Å². The molecule has 0 saturated heterocycles. The minimum atomic E-state index is 0. The predicted molar refractivity (Wildman–Crippen MR) is 66.2 cm³/mol. The Bertz CT molecular complexity index is 322. The predicted octanol–water partition coefficient (Wildman–Crippen LogP) is 3.75. The van der Waals surface area contributed by atoms with E-state index in [0.29, 0.717) is 0 Å². The lowest BCUT2D eigenvalue weighted by Gasteiger charge is -2.04. The Kier molecular flexibility index (Phi) is 5.78. The number of para-hydroxylation sites is 2. The molecule has 0 heterocycles. The molecule has 0 spiro atoms. The SMILES string of the molecule is N.N.c1ccc(Nc2ccccc2)cc1. The second-order valence-corrected chi connectivity index (χ2v) is 2.86. The molecular formula is C12H17N3. The lowest BCUT2D eigenvalue weighted by Crippen LogP contribution is -1.87. The average molecular weight is 203 g/mol. The molecule has 0 fully saturated rings. The van der Waals surface area contributed by atoms with Crippen LogP contribution in [0, 0.1) is 0 Å². The van der Waals surface area contributed by atoms with Gasteiger partial charge in [0.25, 0.3) is 0 Å². The standard InChI is InChI=1S/C12H11N.2H3N/c1-3-7-11(8-4-1)13-12-9-5-2-6-10-12;;/h1-10,13H;2*1H3. The Labute approximate surface area is 90.3 Å². The third-order valence-corrected chi connectivity index (χ3v) is 1.84. The van der Waals surface area contributed by atoms with Crippen LogP contribution in [0.5, 0.6) is 0 Å². The van der Waals surface area contributed by atoms with Crippen LogP contribution in [0.1, 0.15) is 0 Å². The molecule has 3 heteroatoms. The molecule has 0 atom stereocenters. The smallest absolute Gasteiger partial charge is 0.0384 e. The van der Waals surface area contributed by atoms with Gasteiger partial charge in [0.05, 0.1) is 0 Å². The van der Waals surface area contributed by atoms with Crippen molar-refractivity contribution in [2.75, 3.05) is 5.32 Å². The van der Waals surface area contributed by atoms with Gasteiger partial charge in [-0.1, -0.05) is 36.4 Å². The maximum atomic E-state index is 3.30. The van der Waals surface area contributed by atoms with Crippen LogP contribution in [-0.4, -0.2) is 0 Å². The molecule has 0 radical (unpaired) electrons. The molecule has 0 unspecified atom stereocenters. The van der Waals surface area contributed by atoms with E-state index in [1.165, 1.54) is 0 Å². The summed E-state index contributed by atoms with van der Waals surface area (Å²) in [7, 11) is 0. The fourth-order valence-corrected chi connectivity index (χ4v) is 1.21. The maximum absolute atomic E-state index is 3.30. The zero-order valence-corrected chi connectivity index (χ0v) is 8.69. The Balaban J connectivity index is 0.000000980. The Morgan fingerprint density at radius 1 is 0.533 bits per heavy atom. The molecule has 0 aliphatic heterocycles. The van der Waals surface area contributed by atoms with Crippen molar-refractivity contribution < 1.29 is 0 Å². The molecule has 0 bridgehead atoms. The lowest BCUT2D eigenvalue weighted by atomic mass is 10.3. The van der Waals surface area contributed by atoms with Crippen molar-refractivity contribution in [1.82, 2.24) is 12.3 Å². The first-order valence-electron chi connectivity index (χ1n) is 4.32. The van der Waals surface area contributed by atoms with Crippen molar-refractivity contribution in [2.45, 2.75) is 0 Å². The monoisotopic (exact) mass is 203 g/mol. The molecule has 0 amide bonds. The number of rotatable bonds is 2. The normalized spacial score (nSPS) is 8.27. The van der Waals surface area contributed by atoms with E-state index in [-0.39, 0.29) is 12.3 Å². The first kappa shape index (κ1) is 13.2. The second kappa shape index (κ2) is 6.59. The Morgan fingerprint density at radius 2 is 0.867 bits per heavy atom. The van der Waals surface area contributed by atoms with E-state index in [4.69, 9.17) is 0 Å². The number of anilines is 2. The minimum Gasteiger partial charge on any atom is -0.356 e. The Hall–Kier alpha value is -1.84. The molecule has 7 N–H and O–H groups in total. The van der Waals surface area contributed by atoms with Crippen molar-refractivity contribution in [3.05, 3.63) is 60.7 Å². The van der Waals surface area contributed by atoms with Crippen LogP contribution in [0.3, 0.4) is 0 Å². The molecule has 80 valence electrons. The summed E-state index contributed by atoms with van der Waals surface area (Å²) in [5.41, 5.74) is 2.24. The number of nitrogens with one attached hydrogen (secondary N) is 1. The molecule has 15 heavy (non-hydrogen) atoms. The van der Waals surface area contributed by atoms with Gasteiger partial charge in [-0.15, -0.1) is 0 Å². The molecule has 3 nitrogen and oxygen atoms in total. The van der Waals surface area contributed by atoms with Crippen LogP contribution in [0.15, 0.2) is 60.7 Å². The fraction of sp³-hybridized carbons (Fsp3) is 0. The molecule has 2 aromatic rings. The summed E-state index contributed by atoms with van der Waals surface area (Å²) >= 11 is 0. The molecular weight excluding hydrogens is 186 g/mol. The highest BCUT2D eigenvalue weighted by molar-refractivity contribution is 5.58. The van der Waals surface area contributed by atoms with Gasteiger partial charge >= 0.3 is 0 Å². The van der Waals surface area contributed by atoms with E-state index in [1.807, 2.05) is 60.7 Å². The largest absolute Gasteiger partial charge is 0.356 e. The highest BCUT2D eigenvalue weighted by Crippen LogP contribution is 2.14. The highest BCUT2D eigenvalue weighted by Gasteiger charge is 1.89. The van der Waals surface area contributed by atoms with Crippen LogP contribution in [-0.2, 0) is 0 Å². The first-order chi connectivity index (χ1) is 6.45. The van der Waals surface area contributed by atoms with Crippen LogP contribution in [0.4, 0.5) is 11.4 Å². The molecule has 2 rings (SSSR count). The van der Waals surface area contributed by atoms with Crippen LogP contribution in [0.2, 0.25) is 0 Å². The topological polar surface area (TPSA) is 82.0 Å². The van der Waals surface area contributed by atoms with Gasteiger partial charge in [0.1, 0.15) is 0 Å². The molecule has 0 aliphatic rings. The number of hydrogen-bond acceptors (Lipinski definition) is 3. The first-order valence-corrected chi connectivity index (χ1v) is 4.32. The summed E-state index contributed by atoms with van der Waals surface area (Å²) in [6.45, 7) is 0. The second-order valence-electron chi connectivity index (χ2n) is 2.86. The van der Waals surface area contributed by atoms with Gasteiger partial charge in [-0.2, -0.15) is 0 Å². The highest BCUT2D eigenvalue weighted by atomic mass is 14.9. The van der Waals surface area contributed by atoms with Crippen molar-refractivity contribution in [3.8, 4) is 0 Å². The summed E-state index contributed by atoms with van der Waals surface area (Å²) in [6.07, 6.45) is 0. The summed E-state index contributed by atoms with van der Waals surface area (Å²) in [6, 6.07) is 20.3. The zero-order chi connectivity index (χ0) is 8.93. The van der Waals surface area contributed by atoms with E-state index in [1.54, 1.807) is 0 Å². The van der Waals surface area contributed by atoms with Crippen LogP contribution in [0.25, 0.3) is 0 Å². The summed E-state index contributed by atoms with van der Waals surface area (Å²) in [5, 5.41) is 3.30. The van der Waals surface area contributed by atoms with E-state index >= 15 is 0 Å². The van der Waals surface area contributed by atoms with Gasteiger partial charge in [-0.25, -0.2) is 0 Å². The van der Waals surface area contributed by atoms with Gasteiger partial charge in [-0.05, 0) is 24.3 Å². The third kappa shape index (κ3) is 3.81. The van der Waals surface area contributed by atoms with Gasteiger partial charge in [0.15, 0.2) is 0 Å². The van der Waals surface area contributed by atoms with Crippen molar-refractivity contribution >= 4 is 11.4 Å². The van der Waals surface area contributed by atoms with Gasteiger partial charge < -0.3 is 17.6 Å². The quantitative estimate of drug-likeness (QED) is 0.695. The minimum absolute atomic E-state index is 0. The van der Waals surface area contributed by atoms with Crippen LogP contribution < -0.4 is 17.6 Å². The zero-order valence-electron chi connectivity index (χ0n) is 8.69. The maximum Gasteiger partial charge on any atom is 0.0384 e. The molecule has 0 aliphatic carbocycles. The van der Waals surface area contributed by atoms with Crippen molar-refractivity contribution in [2.24, 2.45) is 0 Å². The van der Waals surface area contributed by atoms with Crippen LogP contribution >= 0.6 is 0 Å². The van der Waals surface area contributed by atoms with Crippen molar-refractivity contribution in [3.63, 3.8) is 0 Å². The molecule has 0 saturated carbocycles. The fourth-order valence-electron chi connectivity index (χ4n) is 1.21. The van der Waals surface area contributed by atoms with Crippen molar-refractivity contribution in [1.29, 1.82) is 0 Å². The summed E-state index contributed by atoms with van der Waals surface area (Å²) in [5.74, 6) is 0. The van der Waals surface area contributed by atoms with Gasteiger partial charge in [0.2, 0.25) is 0 Å². The molecule has 0 aromatic heterocycles. The summed E-state index contributed by atoms with van der Waals surface area (Å²) in [4.78, 5) is 0. The number of hydrogen-bond donors (Lipinski definition) is 3. The van der Waals surface area contributed by atoms with E-state index < -0.39 is 0 Å². The average Bonchev–Trinajstić information content (AvgIpc) is 2.21. The van der Waals surface area contributed by atoms with Gasteiger partial charge in [0, 0.05) is 11.4 Å². The molecule has 2 aromatic carbocycles. The van der Waals surface area contributed by atoms with E-state index in [2.05, 4.69) is 5.32 Å². The summed E-state index contributed by atoms with van der Waals surface area (Å²) < 4.78 is 0. The van der Waals surface area contributed by atoms with E-state index in [0.717, 1.165) is 11.4 Å². The van der Waals surface area contributed by atoms with E-state index in [9.17, 15) is 0 Å². The third-order valence-electron chi connectivity index (χ3n) is 1.84. The Morgan fingerprint density at radius 3 is 1.20 bits per heavy atom. The lowest BCUT2D eigenvalue weighted by molar-refractivity contribution is 1.55. The number of benzene rings is 2.